The minimum absolute atomic E-state index is 0.736. The molecule has 8 heavy (non-hydrogen) atoms. The molecule has 1 heterocycles. The van der Waals surface area contributed by atoms with Gasteiger partial charge in [-0.15, -0.1) is 11.7 Å². The molecular weight excluding hydrogens is 102 g/mol. The van der Waals surface area contributed by atoms with Crippen LogP contribution in [0.5, 0.6) is 0 Å². The van der Waals surface area contributed by atoms with Gasteiger partial charge in [-0.1, -0.05) is 11.3 Å². The lowest BCUT2D eigenvalue weighted by Gasteiger charge is -1.87. The summed E-state index contributed by atoms with van der Waals surface area (Å²) in [6, 6.07) is 0. The Morgan fingerprint density at radius 2 is 2.62 bits per heavy atom. The van der Waals surface area contributed by atoms with Crippen LogP contribution in [0, 0.1) is 0 Å². The van der Waals surface area contributed by atoms with Crippen molar-refractivity contribution in [2.45, 2.75) is 6.54 Å². The van der Waals surface area contributed by atoms with Crippen molar-refractivity contribution >= 4 is 0 Å². The number of allylic oxidation sites excluding steroid dienone is 1. The first-order valence-electron chi connectivity index (χ1n) is 2.38. The maximum Gasteiger partial charge on any atom is 0.0693 e. The highest BCUT2D eigenvalue weighted by atomic mass is 15.4. The summed E-state index contributed by atoms with van der Waals surface area (Å²) in [5.74, 6) is 0. The van der Waals surface area contributed by atoms with E-state index in [1.807, 2.05) is 0 Å². The van der Waals surface area contributed by atoms with Gasteiger partial charge in [-0.25, -0.2) is 4.68 Å². The number of nitrogens with zero attached hydrogens (tertiary/aromatic N) is 3. The Kier molecular flexibility index (Phi) is 1.42. The Morgan fingerprint density at radius 3 is 3.12 bits per heavy atom. The molecule has 0 bridgehead atoms. The van der Waals surface area contributed by atoms with Crippen LogP contribution in [0.1, 0.15) is 0 Å². The van der Waals surface area contributed by atoms with Gasteiger partial charge in [-0.05, 0) is 0 Å². The Hall–Kier alpha value is -1.12. The van der Waals surface area contributed by atoms with Gasteiger partial charge in [0.2, 0.25) is 0 Å². The number of hydrogen-bond acceptors (Lipinski definition) is 2. The summed E-state index contributed by atoms with van der Waals surface area (Å²) in [5.41, 5.74) is 0. The van der Waals surface area contributed by atoms with Crippen LogP contribution < -0.4 is 0 Å². The van der Waals surface area contributed by atoms with Gasteiger partial charge < -0.3 is 0 Å². The monoisotopic (exact) mass is 109 g/mol. The number of hydrogen-bond donors (Lipinski definition) is 0. The zero-order chi connectivity index (χ0) is 5.82. The van der Waals surface area contributed by atoms with E-state index in [2.05, 4.69) is 16.9 Å². The summed E-state index contributed by atoms with van der Waals surface area (Å²) in [7, 11) is 0. The third-order valence-electron chi connectivity index (χ3n) is 0.788. The molecule has 0 aliphatic carbocycles. The van der Waals surface area contributed by atoms with Crippen LogP contribution in [-0.4, -0.2) is 15.0 Å². The molecule has 1 aromatic heterocycles. The van der Waals surface area contributed by atoms with Crippen molar-refractivity contribution in [1.82, 2.24) is 15.0 Å². The summed E-state index contributed by atoms with van der Waals surface area (Å²) < 4.78 is 1.70. The molecule has 0 amide bonds. The second-order valence-electron chi connectivity index (χ2n) is 1.41. The Labute approximate surface area is 47.6 Å². The van der Waals surface area contributed by atoms with Crippen molar-refractivity contribution in [2.24, 2.45) is 0 Å². The highest BCUT2D eigenvalue weighted by molar-refractivity contribution is 4.71. The van der Waals surface area contributed by atoms with Gasteiger partial charge in [0, 0.05) is 6.20 Å². The minimum Gasteiger partial charge on any atom is -0.249 e. The van der Waals surface area contributed by atoms with Crippen molar-refractivity contribution in [2.75, 3.05) is 0 Å². The fourth-order valence-corrected chi connectivity index (χ4v) is 0.462. The fourth-order valence-electron chi connectivity index (χ4n) is 0.462. The minimum atomic E-state index is 0.736. The largest absolute Gasteiger partial charge is 0.249 e. The van der Waals surface area contributed by atoms with Crippen molar-refractivity contribution in [3.63, 3.8) is 0 Å². The average molecular weight is 109 g/mol. The van der Waals surface area contributed by atoms with Gasteiger partial charge in [-0.2, -0.15) is 0 Å². The highest BCUT2D eigenvalue weighted by Crippen LogP contribution is 1.78. The standard InChI is InChI=1S/C5H7N3/c1-2-4-8-5-3-6-7-8/h2-3,5H,1,4H2. The number of rotatable bonds is 2. The lowest BCUT2D eigenvalue weighted by atomic mass is 10.6. The molecule has 3 heteroatoms. The van der Waals surface area contributed by atoms with Crippen LogP contribution >= 0.6 is 0 Å². The summed E-state index contributed by atoms with van der Waals surface area (Å²) in [5, 5.41) is 7.31. The molecule has 0 N–H and O–H groups in total. The van der Waals surface area contributed by atoms with Gasteiger partial charge >= 0.3 is 0 Å². The lowest BCUT2D eigenvalue weighted by Crippen LogP contribution is -1.94. The van der Waals surface area contributed by atoms with Crippen LogP contribution in [-0.2, 0) is 6.54 Å². The molecule has 1 aromatic rings. The predicted molar refractivity (Wildman–Crippen MR) is 30.2 cm³/mol. The van der Waals surface area contributed by atoms with Crippen LogP contribution in [0.25, 0.3) is 0 Å². The van der Waals surface area contributed by atoms with E-state index in [9.17, 15) is 0 Å². The Morgan fingerprint density at radius 1 is 1.75 bits per heavy atom. The lowest BCUT2D eigenvalue weighted by molar-refractivity contribution is 0.662. The molecule has 0 unspecified atom stereocenters. The van der Waals surface area contributed by atoms with E-state index in [0.29, 0.717) is 0 Å². The summed E-state index contributed by atoms with van der Waals surface area (Å²) in [4.78, 5) is 0. The molecule has 1 rings (SSSR count). The van der Waals surface area contributed by atoms with Crippen molar-refractivity contribution in [3.05, 3.63) is 25.0 Å². The first-order chi connectivity index (χ1) is 3.93. The summed E-state index contributed by atoms with van der Waals surface area (Å²) >= 11 is 0. The van der Waals surface area contributed by atoms with E-state index < -0.39 is 0 Å². The zero-order valence-electron chi connectivity index (χ0n) is 4.49. The quantitative estimate of drug-likeness (QED) is 0.517. The number of aromatic nitrogens is 3. The molecule has 0 spiro atoms. The second kappa shape index (κ2) is 2.26. The van der Waals surface area contributed by atoms with Crippen molar-refractivity contribution in [3.8, 4) is 0 Å². The van der Waals surface area contributed by atoms with Gasteiger partial charge in [-0.3, -0.25) is 0 Å². The average Bonchev–Trinajstić information content (AvgIpc) is 2.19. The van der Waals surface area contributed by atoms with Crippen LogP contribution in [0.2, 0.25) is 0 Å². The van der Waals surface area contributed by atoms with Crippen LogP contribution in [0.15, 0.2) is 25.0 Å². The van der Waals surface area contributed by atoms with Crippen molar-refractivity contribution in [1.29, 1.82) is 0 Å². The van der Waals surface area contributed by atoms with E-state index >= 15 is 0 Å². The summed E-state index contributed by atoms with van der Waals surface area (Å²) in [6.07, 6.45) is 5.21. The fraction of sp³-hybridized carbons (Fsp3) is 0.200. The molecule has 0 saturated heterocycles. The molecule has 0 aromatic carbocycles. The van der Waals surface area contributed by atoms with Crippen molar-refractivity contribution < 1.29 is 0 Å². The molecule has 0 saturated carbocycles. The first-order valence-corrected chi connectivity index (χ1v) is 2.38. The second-order valence-corrected chi connectivity index (χ2v) is 1.41. The molecule has 42 valence electrons. The van der Waals surface area contributed by atoms with E-state index in [1.54, 1.807) is 23.2 Å². The maximum absolute atomic E-state index is 3.70. The highest BCUT2D eigenvalue weighted by Gasteiger charge is 1.81. The van der Waals surface area contributed by atoms with E-state index in [0.717, 1.165) is 6.54 Å². The maximum atomic E-state index is 3.70. The zero-order valence-corrected chi connectivity index (χ0v) is 4.49. The summed E-state index contributed by atoms with van der Waals surface area (Å²) in [6.45, 7) is 4.28. The third kappa shape index (κ3) is 0.932. The van der Waals surface area contributed by atoms with Gasteiger partial charge in [0.1, 0.15) is 0 Å². The molecule has 0 radical (unpaired) electrons. The predicted octanol–water partition coefficient (Wildman–Crippen LogP) is 0.464. The molecular formula is C5H7N3. The normalized spacial score (nSPS) is 9.00. The molecule has 3 nitrogen and oxygen atoms in total. The smallest absolute Gasteiger partial charge is 0.0693 e. The van der Waals surface area contributed by atoms with Crippen LogP contribution in [0.3, 0.4) is 0 Å². The van der Waals surface area contributed by atoms with E-state index in [1.165, 1.54) is 0 Å². The van der Waals surface area contributed by atoms with Crippen LogP contribution in [0.4, 0.5) is 0 Å². The Bertz CT molecular complexity index is 154. The van der Waals surface area contributed by atoms with Gasteiger partial charge in [0.05, 0.1) is 12.7 Å². The molecule has 0 atom stereocenters. The SMILES string of the molecule is C=CCn1ccnn1. The Balaban J connectivity index is 2.62. The van der Waals surface area contributed by atoms with Gasteiger partial charge in [0.25, 0.3) is 0 Å². The molecule has 0 fully saturated rings. The molecule has 0 aliphatic heterocycles. The van der Waals surface area contributed by atoms with E-state index in [-0.39, 0.29) is 0 Å². The first kappa shape index (κ1) is 5.03. The van der Waals surface area contributed by atoms with Gasteiger partial charge in [0.15, 0.2) is 0 Å². The topological polar surface area (TPSA) is 30.7 Å². The van der Waals surface area contributed by atoms with E-state index in [4.69, 9.17) is 0 Å². The molecule has 0 aliphatic rings. The third-order valence-corrected chi connectivity index (χ3v) is 0.788.